The number of anilines is 2. The van der Waals surface area contributed by atoms with Gasteiger partial charge in [-0.3, -0.25) is 0 Å². The van der Waals surface area contributed by atoms with Crippen molar-refractivity contribution in [3.05, 3.63) is 47.5 Å². The highest BCUT2D eigenvalue weighted by Crippen LogP contribution is 2.18. The third-order valence-corrected chi connectivity index (χ3v) is 2.82. The zero-order valence-corrected chi connectivity index (χ0v) is 11.9. The Morgan fingerprint density at radius 1 is 1.14 bits per heavy atom. The minimum atomic E-state index is -0.734. The highest BCUT2D eigenvalue weighted by molar-refractivity contribution is 5.47. The van der Waals surface area contributed by atoms with Crippen LogP contribution in [0.1, 0.15) is 5.56 Å². The van der Waals surface area contributed by atoms with Crippen LogP contribution >= 0.6 is 0 Å². The first kappa shape index (κ1) is 15.0. The second-order valence-corrected chi connectivity index (χ2v) is 4.49. The smallest absolute Gasteiger partial charge is 0.168 e. The summed E-state index contributed by atoms with van der Waals surface area (Å²) >= 11 is 0. The van der Waals surface area contributed by atoms with Crippen LogP contribution in [0.3, 0.4) is 0 Å². The van der Waals surface area contributed by atoms with Crippen LogP contribution in [0.2, 0.25) is 0 Å². The van der Waals surface area contributed by atoms with E-state index in [0.29, 0.717) is 13.2 Å². The molecule has 0 saturated heterocycles. The molecule has 0 radical (unpaired) electrons. The summed E-state index contributed by atoms with van der Waals surface area (Å²) in [6.45, 7) is 2.67. The summed E-state index contributed by atoms with van der Waals surface area (Å²) in [6, 6.07) is 8.43. The quantitative estimate of drug-likeness (QED) is 0.803. The van der Waals surface area contributed by atoms with Crippen molar-refractivity contribution in [2.45, 2.75) is 6.92 Å². The van der Waals surface area contributed by atoms with Gasteiger partial charge in [-0.1, -0.05) is 12.1 Å². The van der Waals surface area contributed by atoms with Crippen molar-refractivity contribution in [1.29, 1.82) is 0 Å². The van der Waals surface area contributed by atoms with Crippen molar-refractivity contribution in [3.8, 4) is 5.75 Å². The molecule has 2 N–H and O–H groups in total. The van der Waals surface area contributed by atoms with Gasteiger partial charge in [0.05, 0.1) is 6.54 Å². The molecule has 21 heavy (non-hydrogen) atoms. The number of hydrogen-bond acceptors (Lipinski definition) is 4. The molecule has 0 aliphatic rings. The summed E-state index contributed by atoms with van der Waals surface area (Å²) < 4.78 is 32.3. The molecule has 6 heteroatoms. The minimum Gasteiger partial charge on any atom is -0.492 e. The summed E-state index contributed by atoms with van der Waals surface area (Å²) in [5, 5.41) is 5.34. The van der Waals surface area contributed by atoms with Crippen LogP contribution in [0.5, 0.6) is 5.75 Å². The maximum absolute atomic E-state index is 13.5. The van der Waals surface area contributed by atoms with Crippen molar-refractivity contribution < 1.29 is 13.5 Å². The third-order valence-electron chi connectivity index (χ3n) is 2.82. The van der Waals surface area contributed by atoms with E-state index in [2.05, 4.69) is 15.6 Å². The van der Waals surface area contributed by atoms with Gasteiger partial charge in [0, 0.05) is 13.1 Å². The lowest BCUT2D eigenvalue weighted by atomic mass is 10.2. The van der Waals surface area contributed by atoms with Gasteiger partial charge in [-0.25, -0.2) is 13.8 Å². The number of nitrogens with one attached hydrogen (secondary N) is 2. The Bertz CT molecular complexity index is 620. The molecule has 4 nitrogen and oxygen atoms in total. The lowest BCUT2D eigenvalue weighted by molar-refractivity contribution is 0.332. The average Bonchev–Trinajstić information content (AvgIpc) is 2.45. The van der Waals surface area contributed by atoms with Crippen molar-refractivity contribution in [3.63, 3.8) is 0 Å². The van der Waals surface area contributed by atoms with Crippen LogP contribution in [0.25, 0.3) is 0 Å². The molecular formula is C15H17F2N3O. The monoisotopic (exact) mass is 293 g/mol. The van der Waals surface area contributed by atoms with E-state index in [4.69, 9.17) is 4.74 Å². The summed E-state index contributed by atoms with van der Waals surface area (Å²) in [4.78, 5) is 3.82. The number of aromatic nitrogens is 1. The van der Waals surface area contributed by atoms with Crippen molar-refractivity contribution in [2.75, 3.05) is 30.8 Å². The summed E-state index contributed by atoms with van der Waals surface area (Å²) in [5.41, 5.74) is 1.10. The molecule has 0 aliphatic carbocycles. The van der Waals surface area contributed by atoms with Crippen LogP contribution in [0, 0.1) is 18.6 Å². The zero-order chi connectivity index (χ0) is 15.2. The number of benzene rings is 1. The Morgan fingerprint density at radius 3 is 2.62 bits per heavy atom. The fourth-order valence-electron chi connectivity index (χ4n) is 1.81. The number of rotatable bonds is 6. The van der Waals surface area contributed by atoms with Gasteiger partial charge in [0.1, 0.15) is 12.4 Å². The molecule has 112 valence electrons. The van der Waals surface area contributed by atoms with Crippen molar-refractivity contribution in [2.24, 2.45) is 0 Å². The van der Waals surface area contributed by atoms with E-state index in [0.717, 1.165) is 17.4 Å². The minimum absolute atomic E-state index is 0.00139. The van der Waals surface area contributed by atoms with Gasteiger partial charge in [-0.05, 0) is 24.6 Å². The topological polar surface area (TPSA) is 46.2 Å². The Morgan fingerprint density at radius 2 is 1.90 bits per heavy atom. The third kappa shape index (κ3) is 4.05. The van der Waals surface area contributed by atoms with Crippen molar-refractivity contribution >= 4 is 11.6 Å². The number of nitrogens with zero attached hydrogens (tertiary/aromatic N) is 1. The largest absolute Gasteiger partial charge is 0.492 e. The average molecular weight is 293 g/mol. The molecule has 0 bridgehead atoms. The second-order valence-electron chi connectivity index (χ2n) is 4.49. The van der Waals surface area contributed by atoms with Crippen LogP contribution in [-0.2, 0) is 0 Å². The van der Waals surface area contributed by atoms with Gasteiger partial charge in [-0.15, -0.1) is 0 Å². The predicted octanol–water partition coefficient (Wildman–Crippen LogP) is 3.20. The van der Waals surface area contributed by atoms with Gasteiger partial charge in [0.15, 0.2) is 23.3 Å². The molecule has 0 spiro atoms. The first-order valence-electron chi connectivity index (χ1n) is 6.57. The van der Waals surface area contributed by atoms with Crippen LogP contribution < -0.4 is 15.4 Å². The lowest BCUT2D eigenvalue weighted by Gasteiger charge is -2.10. The van der Waals surface area contributed by atoms with E-state index in [1.54, 1.807) is 0 Å². The molecule has 1 aromatic carbocycles. The number of pyridine rings is 1. The highest BCUT2D eigenvalue weighted by atomic mass is 19.1. The van der Waals surface area contributed by atoms with Crippen LogP contribution in [0.15, 0.2) is 30.3 Å². The lowest BCUT2D eigenvalue weighted by Crippen LogP contribution is -2.14. The maximum atomic E-state index is 13.5. The van der Waals surface area contributed by atoms with Gasteiger partial charge in [0.2, 0.25) is 0 Å². The van der Waals surface area contributed by atoms with E-state index >= 15 is 0 Å². The van der Waals surface area contributed by atoms with Crippen LogP contribution in [-0.4, -0.2) is 25.2 Å². The SMILES string of the molecule is CNc1nc(NCCOc2cccc(C)c2)c(F)cc1F. The molecule has 1 aromatic heterocycles. The van der Waals surface area contributed by atoms with Gasteiger partial charge < -0.3 is 15.4 Å². The number of aryl methyl sites for hydroxylation is 1. The summed E-state index contributed by atoms with van der Waals surface area (Å²) in [7, 11) is 1.52. The van der Waals surface area contributed by atoms with Gasteiger partial charge >= 0.3 is 0 Å². The Hall–Kier alpha value is -2.37. The molecule has 0 atom stereocenters. The molecular weight excluding hydrogens is 276 g/mol. The molecule has 1 heterocycles. The molecule has 0 saturated carbocycles. The van der Waals surface area contributed by atoms with E-state index in [9.17, 15) is 8.78 Å². The maximum Gasteiger partial charge on any atom is 0.168 e. The number of halogens is 2. The molecule has 2 aromatic rings. The van der Waals surface area contributed by atoms with Crippen molar-refractivity contribution in [1.82, 2.24) is 4.98 Å². The first-order chi connectivity index (χ1) is 10.1. The molecule has 0 fully saturated rings. The normalized spacial score (nSPS) is 10.3. The van der Waals surface area contributed by atoms with E-state index in [1.807, 2.05) is 31.2 Å². The Kier molecular flexibility index (Phi) is 4.92. The van der Waals surface area contributed by atoms with Crippen LogP contribution in [0.4, 0.5) is 20.4 Å². The standard InChI is InChI=1S/C15H17F2N3O/c1-10-4-3-5-11(8-10)21-7-6-19-15-13(17)9-12(16)14(18-2)20-15/h3-5,8-9H,6-7H2,1-2H3,(H2,18,19,20). The summed E-state index contributed by atoms with van der Waals surface area (Å²) in [5.74, 6) is -0.717. The first-order valence-corrected chi connectivity index (χ1v) is 6.57. The van der Waals surface area contributed by atoms with Gasteiger partial charge in [-0.2, -0.15) is 0 Å². The zero-order valence-electron chi connectivity index (χ0n) is 11.9. The van der Waals surface area contributed by atoms with E-state index in [-0.39, 0.29) is 11.6 Å². The number of ether oxygens (including phenoxy) is 1. The fraction of sp³-hybridized carbons (Fsp3) is 0.267. The molecule has 0 aliphatic heterocycles. The van der Waals surface area contributed by atoms with E-state index < -0.39 is 11.6 Å². The molecule has 2 rings (SSSR count). The predicted molar refractivity (Wildman–Crippen MR) is 78.9 cm³/mol. The highest BCUT2D eigenvalue weighted by Gasteiger charge is 2.10. The van der Waals surface area contributed by atoms with E-state index in [1.165, 1.54) is 7.05 Å². The Balaban J connectivity index is 1.89. The second kappa shape index (κ2) is 6.88. The fourth-order valence-corrected chi connectivity index (χ4v) is 1.81. The summed E-state index contributed by atoms with van der Waals surface area (Å²) in [6.07, 6.45) is 0. The van der Waals surface area contributed by atoms with Gasteiger partial charge in [0.25, 0.3) is 0 Å². The Labute approximate surface area is 122 Å². The molecule has 0 unspecified atom stereocenters. The number of hydrogen-bond donors (Lipinski definition) is 2. The molecule has 0 amide bonds.